The first-order valence-corrected chi connectivity index (χ1v) is 10.6. The highest BCUT2D eigenvalue weighted by atomic mass is 35.5. The van der Waals surface area contributed by atoms with Crippen molar-refractivity contribution in [2.24, 2.45) is 7.05 Å². The first-order valence-electron chi connectivity index (χ1n) is 10.2. The average molecular weight is 507 g/mol. The number of carboxylic acid groups (broad SMARTS) is 1. The number of benzene rings is 2. The molecule has 2 heterocycles. The fourth-order valence-electron chi connectivity index (χ4n) is 4.00. The van der Waals surface area contributed by atoms with Crippen molar-refractivity contribution in [2.45, 2.75) is 24.6 Å². The first-order chi connectivity index (χ1) is 16.3. The molecule has 0 aliphatic rings. The number of rotatable bonds is 5. The van der Waals surface area contributed by atoms with Crippen molar-refractivity contribution in [1.29, 1.82) is 0 Å². The molecule has 1 unspecified atom stereocenters. The quantitative estimate of drug-likeness (QED) is 0.390. The number of oxazole rings is 1. The Hall–Kier alpha value is -3.63. The number of aryl methyl sites for hydroxylation is 1. The van der Waals surface area contributed by atoms with Crippen LogP contribution in [0.3, 0.4) is 0 Å². The summed E-state index contributed by atoms with van der Waals surface area (Å²) in [5.74, 6) is -3.48. The zero-order chi connectivity index (χ0) is 25.7. The van der Waals surface area contributed by atoms with Crippen LogP contribution in [0.5, 0.6) is 0 Å². The molecule has 0 saturated carbocycles. The van der Waals surface area contributed by atoms with E-state index in [0.29, 0.717) is 11.1 Å². The number of nitrogens with zero attached hydrogens (tertiary/aromatic N) is 2. The molecule has 2 N–H and O–H groups in total. The molecule has 4 aromatic rings. The Kier molecular flexibility index (Phi) is 5.98. The summed E-state index contributed by atoms with van der Waals surface area (Å²) >= 11 is 6.37. The predicted molar refractivity (Wildman–Crippen MR) is 121 cm³/mol. The molecule has 2 aromatic carbocycles. The second-order valence-electron chi connectivity index (χ2n) is 8.07. The van der Waals surface area contributed by atoms with Crippen molar-refractivity contribution in [2.75, 3.05) is 0 Å². The van der Waals surface area contributed by atoms with Gasteiger partial charge in [0.05, 0.1) is 5.52 Å². The first kappa shape index (κ1) is 24.5. The van der Waals surface area contributed by atoms with Crippen molar-refractivity contribution in [1.82, 2.24) is 9.55 Å². The second-order valence-corrected chi connectivity index (χ2v) is 8.48. The van der Waals surface area contributed by atoms with E-state index in [1.807, 2.05) is 0 Å². The zero-order valence-electron chi connectivity index (χ0n) is 18.3. The monoisotopic (exact) mass is 506 g/mol. The minimum absolute atomic E-state index is 0.0308. The van der Waals surface area contributed by atoms with E-state index in [9.17, 15) is 27.9 Å². The van der Waals surface area contributed by atoms with Crippen LogP contribution in [0.4, 0.5) is 13.2 Å². The molecule has 35 heavy (non-hydrogen) atoms. The Bertz CT molecular complexity index is 1490. The predicted octanol–water partition coefficient (Wildman–Crippen LogP) is 5.10. The third kappa shape index (κ3) is 4.08. The maximum Gasteiger partial charge on any atom is 0.422 e. The summed E-state index contributed by atoms with van der Waals surface area (Å²) in [6.07, 6.45) is -3.78. The number of aliphatic hydroxyl groups is 1. The fourth-order valence-corrected chi connectivity index (χ4v) is 4.34. The highest BCUT2D eigenvalue weighted by Crippen LogP contribution is 2.50. The van der Waals surface area contributed by atoms with Gasteiger partial charge >= 0.3 is 17.9 Å². The molecule has 0 amide bonds. The maximum absolute atomic E-state index is 14.4. The van der Waals surface area contributed by atoms with Gasteiger partial charge in [-0.25, -0.2) is 14.6 Å². The Balaban J connectivity index is 1.78. The minimum atomic E-state index is -5.10. The van der Waals surface area contributed by atoms with Crippen molar-refractivity contribution in [3.63, 3.8) is 0 Å². The number of carbonyl (C=O) groups is 1. The van der Waals surface area contributed by atoms with E-state index in [1.165, 1.54) is 56.6 Å². The van der Waals surface area contributed by atoms with Gasteiger partial charge in [0, 0.05) is 29.7 Å². The van der Waals surface area contributed by atoms with Gasteiger partial charge in [-0.05, 0) is 41.0 Å². The van der Waals surface area contributed by atoms with E-state index in [2.05, 4.69) is 4.98 Å². The lowest BCUT2D eigenvalue weighted by Gasteiger charge is -2.37. The number of halogens is 4. The van der Waals surface area contributed by atoms with Gasteiger partial charge in [0.2, 0.25) is 0 Å². The van der Waals surface area contributed by atoms with Crippen LogP contribution in [0.2, 0.25) is 5.02 Å². The Morgan fingerprint density at radius 1 is 1.11 bits per heavy atom. The molecule has 7 nitrogen and oxygen atoms in total. The van der Waals surface area contributed by atoms with Crippen LogP contribution < -0.4 is 5.76 Å². The third-order valence-corrected chi connectivity index (χ3v) is 6.40. The molecule has 2 atom stereocenters. The normalized spacial score (nSPS) is 14.6. The fraction of sp³-hybridized carbons (Fsp3) is 0.208. The largest absolute Gasteiger partial charge is 0.477 e. The van der Waals surface area contributed by atoms with Crippen LogP contribution >= 0.6 is 11.6 Å². The molecule has 0 radical (unpaired) electrons. The van der Waals surface area contributed by atoms with Crippen molar-refractivity contribution in [3.05, 3.63) is 87.1 Å². The molecule has 182 valence electrons. The smallest absolute Gasteiger partial charge is 0.422 e. The van der Waals surface area contributed by atoms with E-state index in [0.717, 1.165) is 16.7 Å². The summed E-state index contributed by atoms with van der Waals surface area (Å²) in [5, 5.41) is 20.1. The van der Waals surface area contributed by atoms with Gasteiger partial charge in [-0.2, -0.15) is 13.2 Å². The molecule has 0 fully saturated rings. The minimum Gasteiger partial charge on any atom is -0.477 e. The lowest BCUT2D eigenvalue weighted by Crippen LogP contribution is -2.46. The zero-order valence-corrected chi connectivity index (χ0v) is 19.1. The Labute approximate surface area is 201 Å². The van der Waals surface area contributed by atoms with Gasteiger partial charge in [0.1, 0.15) is 5.69 Å². The van der Waals surface area contributed by atoms with Gasteiger partial charge in [-0.1, -0.05) is 42.8 Å². The summed E-state index contributed by atoms with van der Waals surface area (Å²) in [4.78, 5) is 26.6. The SMILES string of the molecule is CC(c1ccc(-c2ccc(C(=O)O)nc2)cc1Cl)[C@@](O)(c1ccc2oc(=O)n(C)c2c1)C(F)(F)F. The van der Waals surface area contributed by atoms with Crippen LogP contribution in [-0.4, -0.2) is 31.9 Å². The number of alkyl halides is 3. The molecular formula is C24H18ClF3N2O5. The molecule has 0 aliphatic heterocycles. The standard InChI is InChI=1S/C24H18ClF3N2O5/c1-12(16-6-3-13(9-17(16)25)14-4-7-18(21(31)32)29-11-14)23(34,24(26,27)28)15-5-8-20-19(10-15)30(2)22(33)35-20/h3-12,34H,1-2H3,(H,31,32)/t12?,23-/m1/s1. The molecule has 4 rings (SSSR count). The summed E-state index contributed by atoms with van der Waals surface area (Å²) in [7, 11) is 1.35. The Morgan fingerprint density at radius 2 is 1.80 bits per heavy atom. The molecule has 0 spiro atoms. The molecule has 0 bridgehead atoms. The maximum atomic E-state index is 14.4. The van der Waals surface area contributed by atoms with Crippen molar-refractivity contribution in [3.8, 4) is 11.1 Å². The van der Waals surface area contributed by atoms with Gasteiger partial charge in [-0.3, -0.25) is 4.57 Å². The average Bonchev–Trinajstić information content (AvgIpc) is 3.10. The van der Waals surface area contributed by atoms with Crippen LogP contribution in [0.25, 0.3) is 22.2 Å². The number of pyridine rings is 1. The topological polar surface area (TPSA) is 106 Å². The number of aromatic carboxylic acids is 1. The van der Waals surface area contributed by atoms with Crippen LogP contribution in [0.15, 0.2) is 63.9 Å². The second kappa shape index (κ2) is 8.54. The number of carboxylic acids is 1. The van der Waals surface area contributed by atoms with Crippen LogP contribution in [0.1, 0.15) is 34.5 Å². The number of hydrogen-bond donors (Lipinski definition) is 2. The van der Waals surface area contributed by atoms with E-state index >= 15 is 0 Å². The van der Waals surface area contributed by atoms with Gasteiger partial charge in [-0.15, -0.1) is 0 Å². The van der Waals surface area contributed by atoms with Crippen LogP contribution in [0, 0.1) is 0 Å². The molecule has 11 heteroatoms. The third-order valence-electron chi connectivity index (χ3n) is 6.07. The summed E-state index contributed by atoms with van der Waals surface area (Å²) in [6, 6.07) is 10.4. The molecule has 0 aliphatic carbocycles. The molecule has 2 aromatic heterocycles. The van der Waals surface area contributed by atoms with E-state index in [-0.39, 0.29) is 27.4 Å². The number of hydrogen-bond acceptors (Lipinski definition) is 5. The van der Waals surface area contributed by atoms with E-state index in [4.69, 9.17) is 21.1 Å². The number of aromatic nitrogens is 2. The van der Waals surface area contributed by atoms with Crippen LogP contribution in [-0.2, 0) is 12.6 Å². The van der Waals surface area contributed by atoms with E-state index in [1.54, 1.807) is 0 Å². The van der Waals surface area contributed by atoms with Gasteiger partial charge in [0.25, 0.3) is 0 Å². The van der Waals surface area contributed by atoms with Crippen molar-refractivity contribution >= 4 is 28.7 Å². The summed E-state index contributed by atoms with van der Waals surface area (Å²) < 4.78 is 49.1. The highest BCUT2D eigenvalue weighted by molar-refractivity contribution is 6.31. The van der Waals surface area contributed by atoms with E-state index < -0.39 is 35.0 Å². The molecule has 0 saturated heterocycles. The Morgan fingerprint density at radius 3 is 2.37 bits per heavy atom. The summed E-state index contributed by atoms with van der Waals surface area (Å²) in [5.41, 5.74) is -2.75. The highest BCUT2D eigenvalue weighted by Gasteiger charge is 2.59. The lowest BCUT2D eigenvalue weighted by molar-refractivity contribution is -0.274. The van der Waals surface area contributed by atoms with Crippen molar-refractivity contribution < 1.29 is 32.6 Å². The summed E-state index contributed by atoms with van der Waals surface area (Å²) in [6.45, 7) is 1.20. The van der Waals surface area contributed by atoms with Gasteiger partial charge in [0.15, 0.2) is 11.2 Å². The van der Waals surface area contributed by atoms with Gasteiger partial charge < -0.3 is 14.6 Å². The molecular weight excluding hydrogens is 489 g/mol. The number of fused-ring (bicyclic) bond motifs is 1. The lowest BCUT2D eigenvalue weighted by atomic mass is 9.77.